The van der Waals surface area contributed by atoms with Crippen LogP contribution in [0.3, 0.4) is 0 Å². The van der Waals surface area contributed by atoms with Gasteiger partial charge in [-0.05, 0) is 50.4 Å². The molecule has 0 aromatic heterocycles. The van der Waals surface area contributed by atoms with Gasteiger partial charge in [0.25, 0.3) is 0 Å². The third-order valence-electron chi connectivity index (χ3n) is 4.54. The monoisotopic (exact) mass is 238 g/mol. The summed E-state index contributed by atoms with van der Waals surface area (Å²) in [5.41, 5.74) is 6.08. The molecule has 2 rings (SSSR count). The van der Waals surface area contributed by atoms with Crippen LogP contribution in [-0.2, 0) is 4.79 Å². The number of nitrogens with two attached hydrogens (primary N) is 1. The van der Waals surface area contributed by atoms with Gasteiger partial charge in [0.15, 0.2) is 0 Å². The minimum atomic E-state index is 0.0506. The zero-order valence-electron chi connectivity index (χ0n) is 11.1. The Morgan fingerprint density at radius 1 is 1.06 bits per heavy atom. The molecule has 0 radical (unpaired) electrons. The fraction of sp³-hybridized carbons (Fsp3) is 0.929. The molecule has 0 spiro atoms. The molecular weight excluding hydrogens is 212 g/mol. The van der Waals surface area contributed by atoms with E-state index >= 15 is 0 Å². The molecule has 0 aromatic rings. The van der Waals surface area contributed by atoms with Crippen LogP contribution in [-0.4, -0.2) is 18.0 Å². The van der Waals surface area contributed by atoms with Crippen molar-refractivity contribution in [1.82, 2.24) is 5.32 Å². The molecule has 5 atom stereocenters. The smallest absolute Gasteiger partial charge is 0.224 e. The summed E-state index contributed by atoms with van der Waals surface area (Å²) in [4.78, 5) is 12.2. The van der Waals surface area contributed by atoms with Crippen LogP contribution in [0.5, 0.6) is 0 Å². The van der Waals surface area contributed by atoms with Gasteiger partial charge < -0.3 is 11.1 Å². The van der Waals surface area contributed by atoms with Gasteiger partial charge in [-0.1, -0.05) is 13.8 Å². The van der Waals surface area contributed by atoms with Gasteiger partial charge in [0, 0.05) is 12.1 Å². The lowest BCUT2D eigenvalue weighted by Crippen LogP contribution is -2.47. The van der Waals surface area contributed by atoms with E-state index in [4.69, 9.17) is 5.73 Å². The van der Waals surface area contributed by atoms with Crippen LogP contribution in [0.2, 0.25) is 0 Å². The van der Waals surface area contributed by atoms with E-state index in [0.29, 0.717) is 12.0 Å². The van der Waals surface area contributed by atoms with Crippen LogP contribution in [0.15, 0.2) is 0 Å². The summed E-state index contributed by atoms with van der Waals surface area (Å²) in [6.07, 6.45) is 6.67. The summed E-state index contributed by atoms with van der Waals surface area (Å²) >= 11 is 0. The van der Waals surface area contributed by atoms with Crippen molar-refractivity contribution >= 4 is 5.91 Å². The van der Waals surface area contributed by atoms with Crippen LogP contribution < -0.4 is 11.1 Å². The van der Waals surface area contributed by atoms with Crippen molar-refractivity contribution in [3.05, 3.63) is 0 Å². The van der Waals surface area contributed by atoms with Crippen LogP contribution in [0.4, 0.5) is 0 Å². The van der Waals surface area contributed by atoms with Crippen molar-refractivity contribution in [3.63, 3.8) is 0 Å². The summed E-state index contributed by atoms with van der Waals surface area (Å²) in [6.45, 7) is 4.49. The Morgan fingerprint density at radius 2 is 1.71 bits per heavy atom. The number of nitrogens with one attached hydrogen (secondary N) is 1. The number of amides is 1. The minimum Gasteiger partial charge on any atom is -0.353 e. The first kappa shape index (κ1) is 12.9. The van der Waals surface area contributed by atoms with Crippen LogP contribution in [0.1, 0.15) is 52.4 Å². The molecule has 0 saturated heterocycles. The fourth-order valence-corrected chi connectivity index (χ4v) is 3.35. The molecule has 2 saturated carbocycles. The molecule has 3 N–H and O–H groups in total. The zero-order chi connectivity index (χ0) is 12.4. The molecule has 2 aliphatic rings. The quantitative estimate of drug-likeness (QED) is 0.773. The first-order valence-electron chi connectivity index (χ1n) is 7.12. The van der Waals surface area contributed by atoms with E-state index in [0.717, 1.165) is 31.6 Å². The molecule has 3 heteroatoms. The summed E-state index contributed by atoms with van der Waals surface area (Å²) in [5.74, 6) is 1.67. The largest absolute Gasteiger partial charge is 0.353 e. The maximum atomic E-state index is 12.2. The predicted octanol–water partition coefficient (Wildman–Crippen LogP) is 2.05. The van der Waals surface area contributed by atoms with Gasteiger partial charge in [0.1, 0.15) is 0 Å². The summed E-state index contributed by atoms with van der Waals surface area (Å²) in [5, 5.41) is 3.21. The topological polar surface area (TPSA) is 55.1 Å². The van der Waals surface area contributed by atoms with E-state index in [2.05, 4.69) is 19.2 Å². The average molecular weight is 238 g/mol. The fourth-order valence-electron chi connectivity index (χ4n) is 3.35. The molecule has 0 bridgehead atoms. The Bertz CT molecular complexity index is 279. The molecule has 0 aromatic carbocycles. The lowest BCUT2D eigenvalue weighted by molar-refractivity contribution is -0.127. The standard InChI is InChI=1S/C14H26N2O/c1-9-3-5-11(7-9)16-14(17)12-8-10(2)4-6-13(12)15/h9-13H,3-8,15H2,1-2H3,(H,16,17). The number of hydrogen-bond acceptors (Lipinski definition) is 2. The van der Waals surface area contributed by atoms with Gasteiger partial charge in [-0.25, -0.2) is 0 Å². The number of hydrogen-bond donors (Lipinski definition) is 2. The number of rotatable bonds is 2. The van der Waals surface area contributed by atoms with Gasteiger partial charge in [-0.15, -0.1) is 0 Å². The van der Waals surface area contributed by atoms with Gasteiger partial charge in [0.05, 0.1) is 5.92 Å². The zero-order valence-corrected chi connectivity index (χ0v) is 11.1. The maximum Gasteiger partial charge on any atom is 0.224 e. The van der Waals surface area contributed by atoms with Gasteiger partial charge in [-0.2, -0.15) is 0 Å². The van der Waals surface area contributed by atoms with Crippen molar-refractivity contribution in [2.45, 2.75) is 64.5 Å². The first-order chi connectivity index (χ1) is 8.06. The summed E-state index contributed by atoms with van der Waals surface area (Å²) in [7, 11) is 0. The van der Waals surface area contributed by atoms with Gasteiger partial charge in [0.2, 0.25) is 5.91 Å². The summed E-state index contributed by atoms with van der Waals surface area (Å²) in [6, 6.07) is 0.479. The van der Waals surface area contributed by atoms with Crippen LogP contribution >= 0.6 is 0 Å². The normalized spacial score (nSPS) is 42.4. The van der Waals surface area contributed by atoms with E-state index in [9.17, 15) is 4.79 Å². The minimum absolute atomic E-state index is 0.0506. The molecule has 2 fully saturated rings. The molecule has 0 heterocycles. The molecule has 98 valence electrons. The highest BCUT2D eigenvalue weighted by atomic mass is 16.2. The molecule has 5 unspecified atom stereocenters. The number of carbonyl (C=O) groups excluding carboxylic acids is 1. The molecule has 17 heavy (non-hydrogen) atoms. The van der Waals surface area contributed by atoms with E-state index in [-0.39, 0.29) is 17.9 Å². The van der Waals surface area contributed by atoms with Crippen molar-refractivity contribution < 1.29 is 4.79 Å². The van der Waals surface area contributed by atoms with Crippen molar-refractivity contribution in [2.24, 2.45) is 23.5 Å². The van der Waals surface area contributed by atoms with Crippen molar-refractivity contribution in [3.8, 4) is 0 Å². The highest BCUT2D eigenvalue weighted by Gasteiger charge is 2.33. The Balaban J connectivity index is 1.86. The van der Waals surface area contributed by atoms with E-state index in [1.165, 1.54) is 12.8 Å². The lowest BCUT2D eigenvalue weighted by atomic mass is 9.78. The van der Waals surface area contributed by atoms with Crippen LogP contribution in [0.25, 0.3) is 0 Å². The molecular formula is C14H26N2O. The Labute approximate surface area is 105 Å². The third-order valence-corrected chi connectivity index (χ3v) is 4.54. The Morgan fingerprint density at radius 3 is 2.35 bits per heavy atom. The lowest BCUT2D eigenvalue weighted by Gasteiger charge is -2.32. The van der Waals surface area contributed by atoms with Crippen molar-refractivity contribution in [2.75, 3.05) is 0 Å². The second-order valence-electron chi connectivity index (χ2n) is 6.31. The molecule has 2 aliphatic carbocycles. The van der Waals surface area contributed by atoms with Crippen molar-refractivity contribution in [1.29, 1.82) is 0 Å². The Hall–Kier alpha value is -0.570. The second-order valence-corrected chi connectivity index (χ2v) is 6.31. The van der Waals surface area contributed by atoms with E-state index < -0.39 is 0 Å². The molecule has 0 aliphatic heterocycles. The first-order valence-corrected chi connectivity index (χ1v) is 7.12. The highest BCUT2D eigenvalue weighted by Crippen LogP contribution is 2.29. The SMILES string of the molecule is CC1CCC(NC(=O)C2CC(C)CCC2N)C1. The predicted molar refractivity (Wildman–Crippen MR) is 69.4 cm³/mol. The average Bonchev–Trinajstić information content (AvgIpc) is 2.67. The molecule has 1 amide bonds. The van der Waals surface area contributed by atoms with Gasteiger partial charge >= 0.3 is 0 Å². The van der Waals surface area contributed by atoms with Crippen LogP contribution in [0, 0.1) is 17.8 Å². The summed E-state index contributed by atoms with van der Waals surface area (Å²) < 4.78 is 0. The third kappa shape index (κ3) is 3.21. The van der Waals surface area contributed by atoms with E-state index in [1.54, 1.807) is 0 Å². The maximum absolute atomic E-state index is 12.2. The second kappa shape index (κ2) is 5.38. The number of carbonyl (C=O) groups is 1. The van der Waals surface area contributed by atoms with E-state index in [1.807, 2.05) is 0 Å². The Kier molecular flexibility index (Phi) is 4.08. The molecule has 3 nitrogen and oxygen atoms in total. The van der Waals surface area contributed by atoms with Gasteiger partial charge in [-0.3, -0.25) is 4.79 Å². The highest BCUT2D eigenvalue weighted by molar-refractivity contribution is 5.79.